The van der Waals surface area contributed by atoms with Crippen molar-refractivity contribution in [3.8, 4) is 0 Å². The Kier molecular flexibility index (Phi) is 4.00. The van der Waals surface area contributed by atoms with Gasteiger partial charge in [-0.3, -0.25) is 14.9 Å². The third kappa shape index (κ3) is 2.57. The second kappa shape index (κ2) is 5.07. The summed E-state index contributed by atoms with van der Waals surface area (Å²) in [7, 11) is 0. The zero-order valence-corrected chi connectivity index (χ0v) is 10.1. The Bertz CT molecular complexity index is 433. The molecule has 1 N–H and O–H groups in total. The fraction of sp³-hybridized carbons (Fsp3) is 0.300. The number of nitro benzene ring substituents is 1. The van der Waals surface area contributed by atoms with Gasteiger partial charge in [-0.1, -0.05) is 28.1 Å². The monoisotopic (exact) mass is 287 g/mol. The van der Waals surface area contributed by atoms with Crippen molar-refractivity contribution in [2.24, 2.45) is 0 Å². The Balaban J connectivity index is 3.28. The van der Waals surface area contributed by atoms with E-state index in [4.69, 9.17) is 5.11 Å². The summed E-state index contributed by atoms with van der Waals surface area (Å²) in [6, 6.07) is 4.56. The van der Waals surface area contributed by atoms with Gasteiger partial charge in [0.15, 0.2) is 0 Å². The van der Waals surface area contributed by atoms with Gasteiger partial charge in [0.1, 0.15) is 0 Å². The molecule has 1 atom stereocenters. The molecule has 0 saturated heterocycles. The molecule has 6 heteroatoms. The summed E-state index contributed by atoms with van der Waals surface area (Å²) in [5.41, 5.74) is 0.821. The summed E-state index contributed by atoms with van der Waals surface area (Å²) >= 11 is 3.19. The molecule has 0 radical (unpaired) electrons. The molecule has 1 unspecified atom stereocenters. The van der Waals surface area contributed by atoms with Crippen molar-refractivity contribution < 1.29 is 14.8 Å². The second-order valence-electron chi connectivity index (χ2n) is 3.34. The van der Waals surface area contributed by atoms with E-state index in [9.17, 15) is 14.9 Å². The van der Waals surface area contributed by atoms with Crippen molar-refractivity contribution in [3.05, 3.63) is 39.4 Å². The molecule has 0 bridgehead atoms. The first-order valence-corrected chi connectivity index (χ1v) is 5.65. The van der Waals surface area contributed by atoms with Crippen LogP contribution < -0.4 is 0 Å². The van der Waals surface area contributed by atoms with Gasteiger partial charge in [0.25, 0.3) is 5.69 Å². The molecule has 1 aromatic carbocycles. The van der Waals surface area contributed by atoms with Gasteiger partial charge in [-0.15, -0.1) is 0 Å². The third-order valence-corrected chi connectivity index (χ3v) is 2.93. The molecule has 0 saturated carbocycles. The molecule has 0 fully saturated rings. The van der Waals surface area contributed by atoms with E-state index in [0.717, 1.165) is 5.56 Å². The summed E-state index contributed by atoms with van der Waals surface area (Å²) in [4.78, 5) is 21.1. The quantitative estimate of drug-likeness (QED) is 0.524. The third-order valence-electron chi connectivity index (χ3n) is 2.28. The predicted octanol–water partition coefficient (Wildman–Crippen LogP) is 2.68. The van der Waals surface area contributed by atoms with Crippen LogP contribution in [-0.4, -0.2) is 16.0 Å². The van der Waals surface area contributed by atoms with Crippen molar-refractivity contribution in [3.63, 3.8) is 0 Å². The number of hydrogen-bond donors (Lipinski definition) is 1. The van der Waals surface area contributed by atoms with Gasteiger partial charge in [-0.05, 0) is 12.5 Å². The van der Waals surface area contributed by atoms with Crippen molar-refractivity contribution in [1.82, 2.24) is 0 Å². The number of halogens is 1. The number of benzene rings is 1. The maximum absolute atomic E-state index is 10.8. The van der Waals surface area contributed by atoms with Crippen LogP contribution in [-0.2, 0) is 10.1 Å². The lowest BCUT2D eigenvalue weighted by Gasteiger charge is -2.08. The first-order valence-electron chi connectivity index (χ1n) is 4.53. The fourth-order valence-corrected chi connectivity index (χ4v) is 1.68. The Labute approximate surface area is 100 Å². The number of nitrogens with zero attached hydrogens (tertiary/aromatic N) is 1. The molecule has 5 nitrogen and oxygen atoms in total. The van der Waals surface area contributed by atoms with Crippen molar-refractivity contribution in [1.29, 1.82) is 0 Å². The number of hydrogen-bond acceptors (Lipinski definition) is 3. The van der Waals surface area contributed by atoms with Crippen LogP contribution in [0, 0.1) is 10.1 Å². The van der Waals surface area contributed by atoms with Gasteiger partial charge in [0.05, 0.1) is 10.8 Å². The standard InChI is InChI=1S/C10H10BrNO4/c1-6(10(13)14)8-3-2-7(5-11)4-9(8)12(15)16/h2-4,6H,5H2,1H3,(H,13,14). The van der Waals surface area contributed by atoms with E-state index in [0.29, 0.717) is 5.33 Å². The molecule has 1 aromatic rings. The number of carbonyl (C=O) groups is 1. The zero-order chi connectivity index (χ0) is 12.3. The number of alkyl halides is 1. The molecule has 16 heavy (non-hydrogen) atoms. The number of aliphatic carboxylic acids is 1. The summed E-state index contributed by atoms with van der Waals surface area (Å²) in [5.74, 6) is -1.96. The maximum atomic E-state index is 10.8. The average Bonchev–Trinajstić information content (AvgIpc) is 2.26. The topological polar surface area (TPSA) is 80.4 Å². The van der Waals surface area contributed by atoms with Gasteiger partial charge in [0, 0.05) is 17.0 Å². The van der Waals surface area contributed by atoms with Crippen LogP contribution in [0.25, 0.3) is 0 Å². The van der Waals surface area contributed by atoms with E-state index in [1.54, 1.807) is 6.07 Å². The molecule has 0 spiro atoms. The summed E-state index contributed by atoms with van der Waals surface area (Å²) in [6.45, 7) is 1.43. The number of rotatable bonds is 4. The van der Waals surface area contributed by atoms with E-state index < -0.39 is 16.8 Å². The summed E-state index contributed by atoms with van der Waals surface area (Å²) in [5, 5.41) is 20.1. The minimum Gasteiger partial charge on any atom is -0.481 e. The second-order valence-corrected chi connectivity index (χ2v) is 3.90. The van der Waals surface area contributed by atoms with Gasteiger partial charge in [-0.2, -0.15) is 0 Å². The zero-order valence-electron chi connectivity index (χ0n) is 8.51. The smallest absolute Gasteiger partial charge is 0.310 e. The van der Waals surface area contributed by atoms with Crippen LogP contribution in [0.15, 0.2) is 18.2 Å². The fourth-order valence-electron chi connectivity index (χ4n) is 1.33. The van der Waals surface area contributed by atoms with Crippen molar-refractivity contribution in [2.45, 2.75) is 18.2 Å². The van der Waals surface area contributed by atoms with Crippen LogP contribution in [0.5, 0.6) is 0 Å². The van der Waals surface area contributed by atoms with E-state index in [2.05, 4.69) is 15.9 Å². The van der Waals surface area contributed by atoms with Gasteiger partial charge in [0.2, 0.25) is 0 Å². The highest BCUT2D eigenvalue weighted by molar-refractivity contribution is 9.08. The van der Waals surface area contributed by atoms with Gasteiger partial charge in [-0.25, -0.2) is 0 Å². The molecule has 0 amide bonds. The molecule has 86 valence electrons. The average molecular weight is 288 g/mol. The first-order chi connectivity index (χ1) is 7.47. The van der Waals surface area contributed by atoms with Crippen molar-refractivity contribution >= 4 is 27.6 Å². The van der Waals surface area contributed by atoms with E-state index in [1.807, 2.05) is 0 Å². The van der Waals surface area contributed by atoms with Gasteiger partial charge >= 0.3 is 5.97 Å². The Morgan fingerprint density at radius 3 is 2.69 bits per heavy atom. The summed E-state index contributed by atoms with van der Waals surface area (Å²) < 4.78 is 0. The van der Waals surface area contributed by atoms with Crippen LogP contribution >= 0.6 is 15.9 Å². The molecular formula is C10H10BrNO4. The maximum Gasteiger partial charge on any atom is 0.310 e. The number of nitro groups is 1. The first kappa shape index (κ1) is 12.6. The lowest BCUT2D eigenvalue weighted by atomic mass is 9.98. The normalized spacial score (nSPS) is 12.1. The van der Waals surface area contributed by atoms with Crippen LogP contribution in [0.4, 0.5) is 5.69 Å². The van der Waals surface area contributed by atoms with Crippen LogP contribution in [0.1, 0.15) is 24.0 Å². The Morgan fingerprint density at radius 1 is 1.62 bits per heavy atom. The highest BCUT2D eigenvalue weighted by Crippen LogP contribution is 2.28. The van der Waals surface area contributed by atoms with E-state index in [1.165, 1.54) is 19.1 Å². The molecule has 0 aliphatic rings. The van der Waals surface area contributed by atoms with Gasteiger partial charge < -0.3 is 5.11 Å². The molecular weight excluding hydrogens is 278 g/mol. The highest BCUT2D eigenvalue weighted by Gasteiger charge is 2.23. The molecule has 0 heterocycles. The minimum absolute atomic E-state index is 0.146. The van der Waals surface area contributed by atoms with Crippen LogP contribution in [0.3, 0.4) is 0 Å². The predicted molar refractivity (Wildman–Crippen MR) is 61.8 cm³/mol. The molecule has 1 rings (SSSR count). The molecule has 0 aliphatic carbocycles. The minimum atomic E-state index is -1.07. The van der Waals surface area contributed by atoms with Crippen LogP contribution in [0.2, 0.25) is 0 Å². The van der Waals surface area contributed by atoms with E-state index in [-0.39, 0.29) is 11.3 Å². The number of carboxylic acids is 1. The molecule has 0 aliphatic heterocycles. The Hall–Kier alpha value is -1.43. The highest BCUT2D eigenvalue weighted by atomic mass is 79.9. The lowest BCUT2D eigenvalue weighted by Crippen LogP contribution is -2.10. The lowest BCUT2D eigenvalue weighted by molar-refractivity contribution is -0.385. The van der Waals surface area contributed by atoms with E-state index >= 15 is 0 Å². The van der Waals surface area contributed by atoms with Crippen molar-refractivity contribution in [2.75, 3.05) is 0 Å². The largest absolute Gasteiger partial charge is 0.481 e. The number of carboxylic acid groups (broad SMARTS) is 1. The molecule has 0 aromatic heterocycles. The SMILES string of the molecule is CC(C(=O)O)c1ccc(CBr)cc1[N+](=O)[O-]. The Morgan fingerprint density at radius 2 is 2.25 bits per heavy atom. The summed E-state index contributed by atoms with van der Waals surface area (Å²) in [6.07, 6.45) is 0.